The summed E-state index contributed by atoms with van der Waals surface area (Å²) in [7, 11) is 0. The molecule has 21 heavy (non-hydrogen) atoms. The van der Waals surface area contributed by atoms with Gasteiger partial charge in [-0.1, -0.05) is 0 Å². The third-order valence-electron chi connectivity index (χ3n) is 4.30. The molecule has 124 valence electrons. The monoisotopic (exact) mass is 408 g/mol. The molecule has 5 heteroatoms. The van der Waals surface area contributed by atoms with E-state index in [9.17, 15) is 4.91 Å². The molecule has 0 unspecified atom stereocenters. The first-order valence-corrected chi connectivity index (χ1v) is 15.4. The number of unbranched alkanes of at least 4 members (excludes halogenated alkanes) is 10. The Morgan fingerprint density at radius 1 is 0.667 bits per heavy atom. The van der Waals surface area contributed by atoms with Crippen molar-refractivity contribution in [2.45, 2.75) is 99.8 Å². The van der Waals surface area contributed by atoms with Crippen molar-refractivity contribution in [2.24, 2.45) is 0 Å². The van der Waals surface area contributed by atoms with Gasteiger partial charge < -0.3 is 0 Å². The van der Waals surface area contributed by atoms with Gasteiger partial charge in [0, 0.05) is 0 Å². The molecule has 0 aliphatic carbocycles. The Kier molecular flexibility index (Phi) is 10.5. The summed E-state index contributed by atoms with van der Waals surface area (Å²) in [5.74, 6) is 0. The molecule has 0 radical (unpaired) electrons. The van der Waals surface area contributed by atoms with Gasteiger partial charge in [-0.2, -0.15) is 0 Å². The van der Waals surface area contributed by atoms with Gasteiger partial charge in [-0.15, -0.1) is 0 Å². The van der Waals surface area contributed by atoms with Gasteiger partial charge in [0.15, 0.2) is 0 Å². The average molecular weight is 407 g/mol. The van der Waals surface area contributed by atoms with Gasteiger partial charge in [-0.25, -0.2) is 0 Å². The molecular formula is C16H34NO3Sn+. The van der Waals surface area contributed by atoms with E-state index in [-0.39, 0.29) is 0 Å². The fourth-order valence-corrected chi connectivity index (χ4v) is 10.8. The molecule has 1 rings (SSSR count). The molecule has 0 N–H and O–H groups in total. The predicted octanol–water partition coefficient (Wildman–Crippen LogP) is 5.81. The van der Waals surface area contributed by atoms with Crippen molar-refractivity contribution in [3.8, 4) is 0 Å². The van der Waals surface area contributed by atoms with Crippen LogP contribution < -0.4 is 0 Å². The summed E-state index contributed by atoms with van der Waals surface area (Å²) in [5.41, 5.74) is 0. The first-order valence-electron chi connectivity index (χ1n) is 9.08. The number of hydrogen-bond acceptors (Lipinski definition) is 3. The molecule has 0 aromatic carbocycles. The molecule has 0 saturated carbocycles. The number of hydrogen-bond donors (Lipinski definition) is 0. The van der Waals surface area contributed by atoms with Gasteiger partial charge in [0.05, 0.1) is 0 Å². The van der Waals surface area contributed by atoms with E-state index in [1.54, 1.807) is 0 Å². The molecule has 0 aromatic rings. The summed E-state index contributed by atoms with van der Waals surface area (Å²) in [6.07, 6.45) is 15.5. The van der Waals surface area contributed by atoms with E-state index in [0.29, 0.717) is 5.09 Å². The van der Waals surface area contributed by atoms with E-state index in [2.05, 4.69) is 13.8 Å². The van der Waals surface area contributed by atoms with Crippen molar-refractivity contribution in [3.63, 3.8) is 0 Å². The summed E-state index contributed by atoms with van der Waals surface area (Å²) in [4.78, 5) is 11.0. The Bertz CT molecular complexity index is 261. The second kappa shape index (κ2) is 11.6. The maximum atomic E-state index is 11.0. The van der Waals surface area contributed by atoms with Crippen LogP contribution in [0.5, 0.6) is 0 Å². The second-order valence-electron chi connectivity index (χ2n) is 6.35. The SMILES string of the molecule is CCCCCCC[CH2][Sn]1([CH2]CCCCCCC)[O][N+](=O)[O]1. The third-order valence-corrected chi connectivity index (χ3v) is 13.4. The Morgan fingerprint density at radius 2 is 1.05 bits per heavy atom. The summed E-state index contributed by atoms with van der Waals surface area (Å²) < 4.78 is 13.0. The van der Waals surface area contributed by atoms with Gasteiger partial charge >= 0.3 is 135 Å². The zero-order chi connectivity index (χ0) is 15.4. The van der Waals surface area contributed by atoms with Crippen molar-refractivity contribution in [2.75, 3.05) is 0 Å². The van der Waals surface area contributed by atoms with E-state index < -0.39 is 19.2 Å². The molecule has 1 aliphatic heterocycles. The van der Waals surface area contributed by atoms with Crippen molar-refractivity contribution in [1.29, 1.82) is 0 Å². The van der Waals surface area contributed by atoms with Crippen LogP contribution in [0.2, 0.25) is 8.87 Å². The Labute approximate surface area is 135 Å². The molecule has 0 bridgehead atoms. The normalized spacial score (nSPS) is 16.2. The van der Waals surface area contributed by atoms with Gasteiger partial charge in [0.2, 0.25) is 0 Å². The third kappa shape index (κ3) is 8.26. The molecule has 1 saturated heterocycles. The Hall–Kier alpha value is -0.00130. The molecule has 0 amide bonds. The van der Waals surface area contributed by atoms with E-state index in [1.165, 1.54) is 77.0 Å². The first kappa shape index (κ1) is 19.0. The molecular weight excluding hydrogens is 373 g/mol. The van der Waals surface area contributed by atoms with Crippen LogP contribution >= 0.6 is 0 Å². The van der Waals surface area contributed by atoms with E-state index in [0.717, 1.165) is 8.87 Å². The van der Waals surface area contributed by atoms with Crippen molar-refractivity contribution in [3.05, 3.63) is 4.91 Å². The van der Waals surface area contributed by atoms with E-state index in [4.69, 9.17) is 6.35 Å². The summed E-state index contributed by atoms with van der Waals surface area (Å²) in [6.45, 7) is 4.48. The molecule has 0 spiro atoms. The van der Waals surface area contributed by atoms with Crippen LogP contribution in [0.4, 0.5) is 0 Å². The summed E-state index contributed by atoms with van der Waals surface area (Å²) in [5, 5.41) is 0.365. The molecule has 0 atom stereocenters. The zero-order valence-electron chi connectivity index (χ0n) is 14.1. The zero-order valence-corrected chi connectivity index (χ0v) is 16.9. The minimum atomic E-state index is -2.91. The summed E-state index contributed by atoms with van der Waals surface area (Å²) >= 11 is -2.91. The Morgan fingerprint density at radius 3 is 1.43 bits per heavy atom. The van der Waals surface area contributed by atoms with Gasteiger partial charge in [0.1, 0.15) is 0 Å². The maximum absolute atomic E-state index is 11.0. The van der Waals surface area contributed by atoms with Crippen LogP contribution in [0.1, 0.15) is 90.9 Å². The van der Waals surface area contributed by atoms with Crippen molar-refractivity contribution in [1.82, 2.24) is 0 Å². The molecule has 1 heterocycles. The van der Waals surface area contributed by atoms with Gasteiger partial charge in [0.25, 0.3) is 0 Å². The quantitative estimate of drug-likeness (QED) is 0.270. The van der Waals surface area contributed by atoms with Crippen LogP contribution in [0.25, 0.3) is 0 Å². The fraction of sp³-hybridized carbons (Fsp3) is 1.00. The average Bonchev–Trinajstić information content (AvgIpc) is 2.44. The van der Waals surface area contributed by atoms with Crippen LogP contribution in [0.3, 0.4) is 0 Å². The molecule has 1 aliphatic rings. The van der Waals surface area contributed by atoms with E-state index >= 15 is 0 Å². The number of nitrogens with zero attached hydrogens (tertiary/aromatic N) is 1. The van der Waals surface area contributed by atoms with Crippen molar-refractivity contribution < 1.29 is 11.4 Å². The molecule has 0 aromatic heterocycles. The second-order valence-corrected chi connectivity index (χ2v) is 15.4. The first-order chi connectivity index (χ1) is 10.2. The van der Waals surface area contributed by atoms with Crippen LogP contribution in [0, 0.1) is 4.91 Å². The predicted molar refractivity (Wildman–Crippen MR) is 87.9 cm³/mol. The Balaban J connectivity index is 2.08. The molecule has 4 nitrogen and oxygen atoms in total. The molecule has 1 fully saturated rings. The summed E-state index contributed by atoms with van der Waals surface area (Å²) in [6, 6.07) is 0. The number of rotatable bonds is 14. The van der Waals surface area contributed by atoms with Crippen LogP contribution in [-0.4, -0.2) is 24.3 Å². The van der Waals surface area contributed by atoms with Crippen LogP contribution in [0.15, 0.2) is 0 Å². The fourth-order valence-electron chi connectivity index (χ4n) is 2.94. The van der Waals surface area contributed by atoms with Gasteiger partial charge in [-0.05, 0) is 0 Å². The standard InChI is InChI=1S/2C8H17.NO3.Sn/c2*1-3-5-7-8-6-4-2;2-1(3)4;/h2*1,3-8H2,2H3;;/q;;-1;+2. The van der Waals surface area contributed by atoms with Crippen LogP contribution in [-0.2, 0) is 6.35 Å². The topological polar surface area (TPSA) is 38.5 Å². The van der Waals surface area contributed by atoms with E-state index in [1.807, 2.05) is 0 Å². The van der Waals surface area contributed by atoms with Gasteiger partial charge in [-0.3, -0.25) is 0 Å². The minimum absolute atomic E-state index is 0.365. The van der Waals surface area contributed by atoms with Crippen molar-refractivity contribution >= 4 is 19.2 Å².